The van der Waals surface area contributed by atoms with Gasteiger partial charge in [-0.05, 0) is 24.2 Å². The number of halogens is 1. The van der Waals surface area contributed by atoms with E-state index in [0.29, 0.717) is 0 Å². The first kappa shape index (κ1) is 15.8. The van der Waals surface area contributed by atoms with E-state index in [-0.39, 0.29) is 6.61 Å². The zero-order valence-corrected chi connectivity index (χ0v) is 13.7. The number of β-amino-alcohol motifs (C(OH)–C–C–N with tert-alkyl or cyclic N) is 1. The summed E-state index contributed by atoms with van der Waals surface area (Å²) in [5, 5.41) is 12.4. The monoisotopic (exact) mass is 341 g/mol. The van der Waals surface area contributed by atoms with Crippen LogP contribution in [0.5, 0.6) is 0 Å². The Balaban J connectivity index is 2.05. The van der Waals surface area contributed by atoms with E-state index in [1.165, 1.54) is 11.3 Å². The summed E-state index contributed by atoms with van der Waals surface area (Å²) in [6, 6.07) is 6.52. The van der Waals surface area contributed by atoms with Gasteiger partial charge < -0.3 is 15.3 Å². The summed E-state index contributed by atoms with van der Waals surface area (Å²) in [5.74, 6) is 0. The third kappa shape index (κ3) is 4.19. The van der Waals surface area contributed by atoms with Gasteiger partial charge in [-0.3, -0.25) is 4.90 Å². The van der Waals surface area contributed by atoms with Crippen molar-refractivity contribution < 1.29 is 5.11 Å². The molecule has 20 heavy (non-hydrogen) atoms. The summed E-state index contributed by atoms with van der Waals surface area (Å²) in [7, 11) is 0. The molecule has 0 saturated carbocycles. The lowest BCUT2D eigenvalue weighted by Crippen LogP contribution is -2.47. The number of anilines is 1. The Morgan fingerprint density at radius 1 is 1.25 bits per heavy atom. The zero-order chi connectivity index (χ0) is 14.4. The van der Waals surface area contributed by atoms with Crippen LogP contribution in [-0.4, -0.2) is 55.9 Å². The van der Waals surface area contributed by atoms with Crippen molar-refractivity contribution in [2.75, 3.05) is 50.8 Å². The molecule has 112 valence electrons. The molecule has 1 aliphatic rings. The van der Waals surface area contributed by atoms with Gasteiger partial charge in [-0.15, -0.1) is 0 Å². The normalized spacial score (nSPS) is 16.6. The minimum atomic E-state index is 0.253. The minimum Gasteiger partial charge on any atom is -0.395 e. The van der Waals surface area contributed by atoms with Crippen LogP contribution < -0.4 is 10.2 Å². The van der Waals surface area contributed by atoms with Crippen LogP contribution in [0, 0.1) is 0 Å². The fraction of sp³-hybridized carbons (Fsp3) is 0.600. The number of nitrogens with one attached hydrogen (secondary N) is 1. The second-order valence-electron chi connectivity index (χ2n) is 5.11. The Kier molecular flexibility index (Phi) is 6.29. The van der Waals surface area contributed by atoms with Crippen LogP contribution in [0.2, 0.25) is 0 Å². The van der Waals surface area contributed by atoms with Crippen molar-refractivity contribution in [3.63, 3.8) is 0 Å². The number of piperazine rings is 1. The van der Waals surface area contributed by atoms with Crippen molar-refractivity contribution in [2.45, 2.75) is 13.5 Å². The number of benzene rings is 1. The van der Waals surface area contributed by atoms with Crippen LogP contribution in [0.3, 0.4) is 0 Å². The molecule has 1 fully saturated rings. The fourth-order valence-electron chi connectivity index (χ4n) is 2.59. The number of hydrogen-bond acceptors (Lipinski definition) is 4. The standard InChI is InChI=1S/C15H24BrN3O/c1-2-17-12-13-3-4-14(16)11-15(13)19-7-5-18(6-8-19)9-10-20/h3-4,11,17,20H,2,5-10,12H2,1H3. The van der Waals surface area contributed by atoms with Crippen molar-refractivity contribution in [1.82, 2.24) is 10.2 Å². The van der Waals surface area contributed by atoms with Crippen molar-refractivity contribution in [2.24, 2.45) is 0 Å². The predicted octanol–water partition coefficient (Wildman–Crippen LogP) is 1.67. The Labute approximate surface area is 129 Å². The molecule has 0 aliphatic carbocycles. The highest BCUT2D eigenvalue weighted by molar-refractivity contribution is 9.10. The van der Waals surface area contributed by atoms with E-state index in [9.17, 15) is 0 Å². The van der Waals surface area contributed by atoms with Crippen LogP contribution in [0.1, 0.15) is 12.5 Å². The molecule has 0 bridgehead atoms. The molecule has 1 aromatic carbocycles. The molecule has 2 rings (SSSR count). The SMILES string of the molecule is CCNCc1ccc(Br)cc1N1CCN(CCO)CC1. The maximum Gasteiger partial charge on any atom is 0.0558 e. The second-order valence-corrected chi connectivity index (χ2v) is 6.02. The number of rotatable bonds is 6. The summed E-state index contributed by atoms with van der Waals surface area (Å²) in [5.41, 5.74) is 2.68. The van der Waals surface area contributed by atoms with E-state index in [4.69, 9.17) is 5.11 Å². The lowest BCUT2D eigenvalue weighted by atomic mass is 10.1. The van der Waals surface area contributed by atoms with Crippen molar-refractivity contribution in [1.29, 1.82) is 0 Å². The molecule has 0 atom stereocenters. The molecule has 2 N–H and O–H groups in total. The molecule has 1 aromatic rings. The molecule has 1 aliphatic heterocycles. The van der Waals surface area contributed by atoms with Gasteiger partial charge in [0, 0.05) is 49.4 Å². The smallest absolute Gasteiger partial charge is 0.0558 e. The summed E-state index contributed by atoms with van der Waals surface area (Å²) >= 11 is 3.58. The Morgan fingerprint density at radius 2 is 2.00 bits per heavy atom. The van der Waals surface area contributed by atoms with Gasteiger partial charge in [0.2, 0.25) is 0 Å². The quantitative estimate of drug-likeness (QED) is 0.825. The molecule has 0 amide bonds. The minimum absolute atomic E-state index is 0.253. The highest BCUT2D eigenvalue weighted by Gasteiger charge is 2.18. The van der Waals surface area contributed by atoms with Crippen LogP contribution in [0.25, 0.3) is 0 Å². The van der Waals surface area contributed by atoms with Crippen LogP contribution >= 0.6 is 15.9 Å². The van der Waals surface area contributed by atoms with Crippen LogP contribution in [-0.2, 0) is 6.54 Å². The third-order valence-electron chi connectivity index (χ3n) is 3.74. The molecule has 5 heteroatoms. The largest absolute Gasteiger partial charge is 0.395 e. The molecular weight excluding hydrogens is 318 g/mol. The van der Waals surface area contributed by atoms with Gasteiger partial charge in [-0.2, -0.15) is 0 Å². The Bertz CT molecular complexity index is 420. The summed E-state index contributed by atoms with van der Waals surface area (Å²) in [4.78, 5) is 4.77. The van der Waals surface area contributed by atoms with Gasteiger partial charge in [-0.25, -0.2) is 0 Å². The summed E-state index contributed by atoms with van der Waals surface area (Å²) < 4.78 is 1.13. The highest BCUT2D eigenvalue weighted by Crippen LogP contribution is 2.26. The van der Waals surface area contributed by atoms with Gasteiger partial charge in [0.15, 0.2) is 0 Å². The predicted molar refractivity (Wildman–Crippen MR) is 87.3 cm³/mol. The van der Waals surface area contributed by atoms with E-state index < -0.39 is 0 Å². The van der Waals surface area contributed by atoms with E-state index in [1.807, 2.05) is 0 Å². The maximum atomic E-state index is 9.01. The molecule has 1 heterocycles. The van der Waals surface area contributed by atoms with Gasteiger partial charge in [-0.1, -0.05) is 28.9 Å². The molecular formula is C15H24BrN3O. The summed E-state index contributed by atoms with van der Waals surface area (Å²) in [6.45, 7) is 9.16. The third-order valence-corrected chi connectivity index (χ3v) is 4.24. The fourth-order valence-corrected chi connectivity index (χ4v) is 2.94. The van der Waals surface area contributed by atoms with Crippen LogP contribution in [0.15, 0.2) is 22.7 Å². The Hall–Kier alpha value is -0.620. The first-order valence-electron chi connectivity index (χ1n) is 7.32. The molecule has 0 unspecified atom stereocenters. The first-order chi connectivity index (χ1) is 9.74. The maximum absolute atomic E-state index is 9.01. The van der Waals surface area contributed by atoms with Gasteiger partial charge in [0.1, 0.15) is 0 Å². The van der Waals surface area contributed by atoms with Gasteiger partial charge in [0.05, 0.1) is 6.61 Å². The molecule has 0 radical (unpaired) electrons. The first-order valence-corrected chi connectivity index (χ1v) is 8.11. The number of nitrogens with zero attached hydrogens (tertiary/aromatic N) is 2. The van der Waals surface area contributed by atoms with E-state index in [2.05, 4.69) is 56.2 Å². The Morgan fingerprint density at radius 3 is 2.65 bits per heavy atom. The zero-order valence-electron chi connectivity index (χ0n) is 12.1. The van der Waals surface area contributed by atoms with Crippen molar-refractivity contribution in [3.8, 4) is 0 Å². The molecule has 4 nitrogen and oxygen atoms in total. The average Bonchev–Trinajstić information content (AvgIpc) is 2.47. The van der Waals surface area contributed by atoms with Crippen molar-refractivity contribution in [3.05, 3.63) is 28.2 Å². The molecule has 1 saturated heterocycles. The number of hydrogen-bond donors (Lipinski definition) is 2. The van der Waals surface area contributed by atoms with E-state index in [0.717, 1.165) is 50.3 Å². The van der Waals surface area contributed by atoms with E-state index in [1.54, 1.807) is 0 Å². The summed E-state index contributed by atoms with van der Waals surface area (Å²) in [6.07, 6.45) is 0. The van der Waals surface area contributed by atoms with Crippen LogP contribution in [0.4, 0.5) is 5.69 Å². The lowest BCUT2D eigenvalue weighted by molar-refractivity contribution is 0.188. The van der Waals surface area contributed by atoms with Crippen molar-refractivity contribution >= 4 is 21.6 Å². The second kappa shape index (κ2) is 7.98. The number of aliphatic hydroxyl groups is 1. The highest BCUT2D eigenvalue weighted by atomic mass is 79.9. The molecule has 0 aromatic heterocycles. The van der Waals surface area contributed by atoms with Gasteiger partial charge in [0.25, 0.3) is 0 Å². The number of aliphatic hydroxyl groups excluding tert-OH is 1. The lowest BCUT2D eigenvalue weighted by Gasteiger charge is -2.37. The van der Waals surface area contributed by atoms with Gasteiger partial charge >= 0.3 is 0 Å². The van der Waals surface area contributed by atoms with E-state index >= 15 is 0 Å². The molecule has 0 spiro atoms. The topological polar surface area (TPSA) is 38.7 Å². The average molecular weight is 342 g/mol.